The summed E-state index contributed by atoms with van der Waals surface area (Å²) in [7, 11) is 1.37. The Bertz CT molecular complexity index is 1090. The Morgan fingerprint density at radius 2 is 2.00 bits per heavy atom. The summed E-state index contributed by atoms with van der Waals surface area (Å²) in [5.41, 5.74) is -0.0725. The maximum Gasteiger partial charge on any atom is 0.311 e. The van der Waals surface area contributed by atoms with Crippen molar-refractivity contribution < 1.29 is 28.8 Å². The maximum atomic E-state index is 12.4. The standard InChI is InChI=1S/C20H17Cl2N3O7/c1-31-13-3-5-16(25(29)30)15(8-13)23-18(26)10-32-20(28)11-6-19(27)24(9-11)17-7-12(21)2-4-14(17)22/h2-5,7-8,11H,6,9-10H2,1H3,(H,23,26)/t11-/m0/s1. The van der Waals surface area contributed by atoms with Gasteiger partial charge in [-0.05, 0) is 24.3 Å². The lowest BCUT2D eigenvalue weighted by atomic mass is 10.1. The fraction of sp³-hybridized carbons (Fsp3) is 0.250. The molecule has 1 fully saturated rings. The third-order valence-corrected chi connectivity index (χ3v) is 5.23. The molecule has 1 atom stereocenters. The normalized spacial score (nSPS) is 15.4. The van der Waals surface area contributed by atoms with E-state index in [1.807, 2.05) is 0 Å². The van der Waals surface area contributed by atoms with Gasteiger partial charge in [0.2, 0.25) is 5.91 Å². The third-order valence-electron chi connectivity index (χ3n) is 4.68. The Morgan fingerprint density at radius 3 is 2.69 bits per heavy atom. The first kappa shape index (κ1) is 23.3. The minimum atomic E-state index is -0.809. The molecular formula is C20H17Cl2N3O7. The quantitative estimate of drug-likeness (QED) is 0.364. The highest BCUT2D eigenvalue weighted by Crippen LogP contribution is 2.34. The van der Waals surface area contributed by atoms with Gasteiger partial charge in [-0.15, -0.1) is 0 Å². The molecule has 0 saturated carbocycles. The zero-order valence-electron chi connectivity index (χ0n) is 16.7. The SMILES string of the molecule is COc1ccc([N+](=O)[O-])c(NC(=O)COC(=O)[C@H]2CC(=O)N(c3cc(Cl)ccc3Cl)C2)c1. The molecule has 0 bridgehead atoms. The number of nitro groups is 1. The molecule has 1 aliphatic heterocycles. The van der Waals surface area contributed by atoms with E-state index in [-0.39, 0.29) is 30.2 Å². The molecule has 12 heteroatoms. The number of esters is 1. The fourth-order valence-electron chi connectivity index (χ4n) is 3.13. The van der Waals surface area contributed by atoms with Gasteiger partial charge in [-0.1, -0.05) is 23.2 Å². The predicted octanol–water partition coefficient (Wildman–Crippen LogP) is 3.45. The summed E-state index contributed by atoms with van der Waals surface area (Å²) in [6.45, 7) is -0.670. The number of methoxy groups -OCH3 is 1. The van der Waals surface area contributed by atoms with Crippen LogP contribution in [0.3, 0.4) is 0 Å². The van der Waals surface area contributed by atoms with Crippen molar-refractivity contribution in [2.24, 2.45) is 5.92 Å². The molecule has 2 aromatic rings. The molecule has 0 spiro atoms. The molecule has 1 N–H and O–H groups in total. The molecule has 10 nitrogen and oxygen atoms in total. The largest absolute Gasteiger partial charge is 0.497 e. The summed E-state index contributed by atoms with van der Waals surface area (Å²) < 4.78 is 10.0. The lowest BCUT2D eigenvalue weighted by molar-refractivity contribution is -0.383. The van der Waals surface area contributed by atoms with E-state index in [4.69, 9.17) is 32.7 Å². The summed E-state index contributed by atoms with van der Waals surface area (Å²) >= 11 is 12.1. The summed E-state index contributed by atoms with van der Waals surface area (Å²) in [6.07, 6.45) is -0.120. The molecule has 0 aliphatic carbocycles. The minimum Gasteiger partial charge on any atom is -0.497 e. The highest BCUT2D eigenvalue weighted by molar-refractivity contribution is 6.35. The van der Waals surface area contributed by atoms with Crippen LogP contribution in [0.2, 0.25) is 10.0 Å². The van der Waals surface area contributed by atoms with Gasteiger partial charge in [-0.2, -0.15) is 0 Å². The second-order valence-electron chi connectivity index (χ2n) is 6.80. The number of hydrogen-bond acceptors (Lipinski definition) is 7. The Balaban J connectivity index is 1.60. The van der Waals surface area contributed by atoms with E-state index in [9.17, 15) is 24.5 Å². The fourth-order valence-corrected chi connectivity index (χ4v) is 3.52. The average Bonchev–Trinajstić information content (AvgIpc) is 3.14. The van der Waals surface area contributed by atoms with Crippen molar-refractivity contribution in [3.8, 4) is 5.75 Å². The number of carbonyl (C=O) groups is 3. The maximum absolute atomic E-state index is 12.4. The molecule has 2 aromatic carbocycles. The lowest BCUT2D eigenvalue weighted by Crippen LogP contribution is -2.28. The number of nitro benzene ring substituents is 1. The smallest absolute Gasteiger partial charge is 0.311 e. The number of halogens is 2. The first-order valence-electron chi connectivity index (χ1n) is 9.24. The number of carbonyl (C=O) groups excluding carboxylic acids is 3. The molecule has 32 heavy (non-hydrogen) atoms. The van der Waals surface area contributed by atoms with Gasteiger partial charge in [0, 0.05) is 30.1 Å². The van der Waals surface area contributed by atoms with Crippen LogP contribution in [0.25, 0.3) is 0 Å². The average molecular weight is 482 g/mol. The van der Waals surface area contributed by atoms with Gasteiger partial charge in [0.1, 0.15) is 11.4 Å². The zero-order valence-corrected chi connectivity index (χ0v) is 18.2. The van der Waals surface area contributed by atoms with Crippen LogP contribution in [0, 0.1) is 16.0 Å². The van der Waals surface area contributed by atoms with Crippen LogP contribution in [-0.4, -0.2) is 43.0 Å². The van der Waals surface area contributed by atoms with Gasteiger partial charge in [0.05, 0.1) is 28.7 Å². The van der Waals surface area contributed by atoms with Crippen LogP contribution in [0.5, 0.6) is 5.75 Å². The van der Waals surface area contributed by atoms with Gasteiger partial charge in [-0.25, -0.2) is 0 Å². The molecule has 0 aromatic heterocycles. The number of nitrogens with zero attached hydrogens (tertiary/aromatic N) is 2. The van der Waals surface area contributed by atoms with Crippen LogP contribution in [-0.2, 0) is 19.1 Å². The molecule has 1 aliphatic rings. The monoisotopic (exact) mass is 481 g/mol. The Morgan fingerprint density at radius 1 is 1.25 bits per heavy atom. The molecule has 168 valence electrons. The molecular weight excluding hydrogens is 465 g/mol. The molecule has 2 amide bonds. The van der Waals surface area contributed by atoms with Crippen LogP contribution in [0.15, 0.2) is 36.4 Å². The van der Waals surface area contributed by atoms with Gasteiger partial charge in [0.25, 0.3) is 11.6 Å². The van der Waals surface area contributed by atoms with E-state index in [1.54, 1.807) is 12.1 Å². The number of amides is 2. The predicted molar refractivity (Wildman–Crippen MR) is 116 cm³/mol. The van der Waals surface area contributed by atoms with Gasteiger partial charge < -0.3 is 19.7 Å². The van der Waals surface area contributed by atoms with Crippen LogP contribution in [0.1, 0.15) is 6.42 Å². The van der Waals surface area contributed by atoms with Crippen molar-refractivity contribution >= 4 is 58.0 Å². The Hall–Kier alpha value is -3.37. The molecule has 3 rings (SSSR count). The number of nitrogens with one attached hydrogen (secondary N) is 1. The van der Waals surface area contributed by atoms with Crippen molar-refractivity contribution in [3.05, 3.63) is 56.6 Å². The number of benzene rings is 2. The van der Waals surface area contributed by atoms with E-state index in [1.165, 1.54) is 36.3 Å². The minimum absolute atomic E-state index is 0.0146. The van der Waals surface area contributed by atoms with Crippen molar-refractivity contribution in [1.29, 1.82) is 0 Å². The summed E-state index contributed by atoms with van der Waals surface area (Å²) in [5.74, 6) is -2.39. The third kappa shape index (κ3) is 5.27. The number of ether oxygens (including phenoxy) is 2. The van der Waals surface area contributed by atoms with Gasteiger partial charge >= 0.3 is 5.97 Å². The van der Waals surface area contributed by atoms with E-state index >= 15 is 0 Å². The number of anilines is 2. The summed E-state index contributed by atoms with van der Waals surface area (Å²) in [6, 6.07) is 8.47. The molecule has 1 saturated heterocycles. The molecule has 1 heterocycles. The number of rotatable bonds is 7. The molecule has 0 radical (unpaired) electrons. The van der Waals surface area contributed by atoms with Crippen molar-refractivity contribution in [2.45, 2.75) is 6.42 Å². The van der Waals surface area contributed by atoms with E-state index in [0.29, 0.717) is 21.5 Å². The summed E-state index contributed by atoms with van der Waals surface area (Å²) in [4.78, 5) is 48.7. The zero-order chi connectivity index (χ0) is 23.4. The Kier molecular flexibility index (Phi) is 7.16. The number of hydrogen-bond donors (Lipinski definition) is 1. The first-order valence-corrected chi connectivity index (χ1v) is 9.99. The van der Waals surface area contributed by atoms with Crippen LogP contribution < -0.4 is 15.0 Å². The summed E-state index contributed by atoms with van der Waals surface area (Å²) in [5, 5.41) is 14.1. The molecule has 0 unspecified atom stereocenters. The second-order valence-corrected chi connectivity index (χ2v) is 7.64. The van der Waals surface area contributed by atoms with Crippen LogP contribution in [0.4, 0.5) is 17.1 Å². The van der Waals surface area contributed by atoms with Crippen molar-refractivity contribution in [3.63, 3.8) is 0 Å². The second kappa shape index (κ2) is 9.84. The first-order chi connectivity index (χ1) is 15.2. The lowest BCUT2D eigenvalue weighted by Gasteiger charge is -2.18. The highest BCUT2D eigenvalue weighted by Gasteiger charge is 2.37. The Labute approximate surface area is 192 Å². The van der Waals surface area contributed by atoms with E-state index < -0.39 is 29.3 Å². The van der Waals surface area contributed by atoms with Crippen molar-refractivity contribution in [2.75, 3.05) is 30.5 Å². The van der Waals surface area contributed by atoms with E-state index in [2.05, 4.69) is 5.32 Å². The van der Waals surface area contributed by atoms with Crippen LogP contribution >= 0.6 is 23.2 Å². The van der Waals surface area contributed by atoms with E-state index in [0.717, 1.165) is 0 Å². The van der Waals surface area contributed by atoms with Gasteiger partial charge in [-0.3, -0.25) is 24.5 Å². The van der Waals surface area contributed by atoms with Crippen molar-refractivity contribution in [1.82, 2.24) is 0 Å². The highest BCUT2D eigenvalue weighted by atomic mass is 35.5. The topological polar surface area (TPSA) is 128 Å². The van der Waals surface area contributed by atoms with Gasteiger partial charge in [0.15, 0.2) is 6.61 Å².